The van der Waals surface area contributed by atoms with Gasteiger partial charge in [0.05, 0.1) is 26.1 Å². The van der Waals surface area contributed by atoms with E-state index in [-0.39, 0.29) is 0 Å². The van der Waals surface area contributed by atoms with Crippen molar-refractivity contribution < 1.29 is 19.4 Å². The number of likely N-dealkylation sites (tertiary alicyclic amines) is 1. The molecule has 8 heteroatoms. The van der Waals surface area contributed by atoms with Gasteiger partial charge in [-0.25, -0.2) is 0 Å². The highest BCUT2D eigenvalue weighted by molar-refractivity contribution is 5.79. The molecule has 1 aliphatic rings. The summed E-state index contributed by atoms with van der Waals surface area (Å²) in [5, 5.41) is 16.4. The zero-order chi connectivity index (χ0) is 18.0. The Morgan fingerprint density at radius 3 is 2.80 bits per heavy atom. The average Bonchev–Trinajstić information content (AvgIpc) is 3.22. The molecule has 25 heavy (non-hydrogen) atoms. The van der Waals surface area contributed by atoms with Gasteiger partial charge in [-0.05, 0) is 24.6 Å². The number of rotatable bonds is 6. The van der Waals surface area contributed by atoms with E-state index in [1.165, 1.54) is 0 Å². The fourth-order valence-electron chi connectivity index (χ4n) is 3.14. The minimum absolute atomic E-state index is 0.318. The maximum absolute atomic E-state index is 11.3. The molecule has 1 aliphatic heterocycles. The van der Waals surface area contributed by atoms with E-state index in [1.54, 1.807) is 20.4 Å². The highest BCUT2D eigenvalue weighted by atomic mass is 16.5. The van der Waals surface area contributed by atoms with E-state index in [0.717, 1.165) is 16.8 Å². The largest absolute Gasteiger partial charge is 0.493 e. The third-order valence-corrected chi connectivity index (χ3v) is 4.59. The summed E-state index contributed by atoms with van der Waals surface area (Å²) in [5.41, 5.74) is 7.53. The Hall–Kier alpha value is -2.58. The van der Waals surface area contributed by atoms with Crippen molar-refractivity contribution in [2.45, 2.75) is 18.5 Å². The standard InChI is InChI=1S/C17H22N4O4/c1-24-13-4-3-11(7-14(13)25-2)15-12(8-19-20-15)9-21-6-5-17(18,10-21)16(22)23/h3-4,7-8H,5-6,9-10,18H2,1-2H3,(H,19,20)(H,22,23)/t17-/m0/s1. The van der Waals surface area contributed by atoms with Crippen LogP contribution in [0.25, 0.3) is 11.3 Å². The van der Waals surface area contributed by atoms with Gasteiger partial charge in [0.2, 0.25) is 0 Å². The van der Waals surface area contributed by atoms with Crippen molar-refractivity contribution in [1.29, 1.82) is 0 Å². The Kier molecular flexibility index (Phi) is 4.65. The fraction of sp³-hybridized carbons (Fsp3) is 0.412. The number of carboxylic acid groups (broad SMARTS) is 1. The number of aliphatic carboxylic acids is 1. The van der Waals surface area contributed by atoms with Gasteiger partial charge in [-0.1, -0.05) is 0 Å². The number of aromatic nitrogens is 2. The van der Waals surface area contributed by atoms with Crippen LogP contribution in [-0.4, -0.2) is 59.0 Å². The van der Waals surface area contributed by atoms with Crippen molar-refractivity contribution in [3.63, 3.8) is 0 Å². The zero-order valence-electron chi connectivity index (χ0n) is 14.3. The van der Waals surface area contributed by atoms with Gasteiger partial charge in [-0.15, -0.1) is 0 Å². The molecule has 2 heterocycles. The highest BCUT2D eigenvalue weighted by Crippen LogP contribution is 2.33. The van der Waals surface area contributed by atoms with Crippen molar-refractivity contribution in [2.24, 2.45) is 5.73 Å². The van der Waals surface area contributed by atoms with E-state index in [2.05, 4.69) is 10.2 Å². The number of aromatic amines is 1. The van der Waals surface area contributed by atoms with Crippen molar-refractivity contribution in [3.05, 3.63) is 30.0 Å². The Morgan fingerprint density at radius 1 is 1.40 bits per heavy atom. The number of hydrogen-bond acceptors (Lipinski definition) is 6. The molecule has 1 aromatic carbocycles. The van der Waals surface area contributed by atoms with E-state index < -0.39 is 11.5 Å². The summed E-state index contributed by atoms with van der Waals surface area (Å²) in [5.74, 6) is 0.331. The van der Waals surface area contributed by atoms with Gasteiger partial charge in [-0.3, -0.25) is 14.8 Å². The molecule has 0 bridgehead atoms. The van der Waals surface area contributed by atoms with Gasteiger partial charge in [0.1, 0.15) is 5.54 Å². The number of nitrogens with two attached hydrogens (primary N) is 1. The second-order valence-electron chi connectivity index (χ2n) is 6.26. The van der Waals surface area contributed by atoms with Gasteiger partial charge in [0.25, 0.3) is 0 Å². The van der Waals surface area contributed by atoms with Crippen molar-refractivity contribution in [2.75, 3.05) is 27.3 Å². The summed E-state index contributed by atoms with van der Waals surface area (Å²) in [6.45, 7) is 1.53. The average molecular weight is 346 g/mol. The Labute approximate surface area is 145 Å². The van der Waals surface area contributed by atoms with Gasteiger partial charge < -0.3 is 20.3 Å². The zero-order valence-corrected chi connectivity index (χ0v) is 14.3. The summed E-state index contributed by atoms with van der Waals surface area (Å²) < 4.78 is 10.6. The summed E-state index contributed by atoms with van der Waals surface area (Å²) in [6, 6.07) is 5.64. The number of carbonyl (C=O) groups is 1. The lowest BCUT2D eigenvalue weighted by Gasteiger charge is -2.20. The molecule has 0 spiro atoms. The lowest BCUT2D eigenvalue weighted by Crippen LogP contribution is -2.50. The molecule has 0 saturated carbocycles. The number of ether oxygens (including phenoxy) is 2. The molecule has 4 N–H and O–H groups in total. The maximum Gasteiger partial charge on any atom is 0.325 e. The molecule has 134 valence electrons. The van der Waals surface area contributed by atoms with Gasteiger partial charge in [-0.2, -0.15) is 5.10 Å². The first kappa shape index (κ1) is 17.2. The van der Waals surface area contributed by atoms with Crippen LogP contribution >= 0.6 is 0 Å². The second kappa shape index (κ2) is 6.73. The first-order chi connectivity index (χ1) is 12.0. The third kappa shape index (κ3) is 3.31. The van der Waals surface area contributed by atoms with E-state index in [1.807, 2.05) is 23.1 Å². The Balaban J connectivity index is 1.81. The van der Waals surface area contributed by atoms with E-state index in [9.17, 15) is 9.90 Å². The Morgan fingerprint density at radius 2 is 2.16 bits per heavy atom. The number of nitrogens with one attached hydrogen (secondary N) is 1. The molecule has 1 aromatic heterocycles. The Bertz CT molecular complexity index is 776. The summed E-state index contributed by atoms with van der Waals surface area (Å²) >= 11 is 0. The van der Waals surface area contributed by atoms with Crippen LogP contribution in [0.1, 0.15) is 12.0 Å². The smallest absolute Gasteiger partial charge is 0.325 e. The van der Waals surface area contributed by atoms with Crippen LogP contribution < -0.4 is 15.2 Å². The molecule has 8 nitrogen and oxygen atoms in total. The van der Waals surface area contributed by atoms with Crippen LogP contribution in [0, 0.1) is 0 Å². The minimum Gasteiger partial charge on any atom is -0.493 e. The molecule has 0 radical (unpaired) electrons. The molecular weight excluding hydrogens is 324 g/mol. The molecule has 1 fully saturated rings. The van der Waals surface area contributed by atoms with Crippen LogP contribution in [0.15, 0.2) is 24.4 Å². The first-order valence-corrected chi connectivity index (χ1v) is 7.96. The molecule has 1 atom stereocenters. The van der Waals surface area contributed by atoms with E-state index in [4.69, 9.17) is 15.2 Å². The number of methoxy groups -OCH3 is 2. The first-order valence-electron chi connectivity index (χ1n) is 7.96. The predicted octanol–water partition coefficient (Wildman–Crippen LogP) is 1.08. The maximum atomic E-state index is 11.3. The number of nitrogens with zero attached hydrogens (tertiary/aromatic N) is 2. The van der Waals surface area contributed by atoms with E-state index in [0.29, 0.717) is 37.6 Å². The third-order valence-electron chi connectivity index (χ3n) is 4.59. The minimum atomic E-state index is -1.17. The quantitative estimate of drug-likeness (QED) is 0.717. The van der Waals surface area contributed by atoms with Gasteiger partial charge in [0, 0.05) is 30.8 Å². The molecule has 0 amide bonds. The van der Waals surface area contributed by atoms with Crippen molar-refractivity contribution in [3.8, 4) is 22.8 Å². The number of carboxylic acids is 1. The van der Waals surface area contributed by atoms with Gasteiger partial charge in [0.15, 0.2) is 11.5 Å². The topological polar surface area (TPSA) is 114 Å². The van der Waals surface area contributed by atoms with Crippen LogP contribution in [0.2, 0.25) is 0 Å². The van der Waals surface area contributed by atoms with Gasteiger partial charge >= 0.3 is 5.97 Å². The number of benzene rings is 1. The lowest BCUT2D eigenvalue weighted by molar-refractivity contribution is -0.142. The molecule has 3 rings (SSSR count). The summed E-state index contributed by atoms with van der Waals surface area (Å²) in [7, 11) is 3.18. The van der Waals surface area contributed by atoms with E-state index >= 15 is 0 Å². The molecule has 0 aliphatic carbocycles. The number of hydrogen-bond donors (Lipinski definition) is 3. The second-order valence-corrected chi connectivity index (χ2v) is 6.26. The highest BCUT2D eigenvalue weighted by Gasteiger charge is 2.41. The fourth-order valence-corrected chi connectivity index (χ4v) is 3.14. The monoisotopic (exact) mass is 346 g/mol. The molecule has 2 aromatic rings. The summed E-state index contributed by atoms with van der Waals surface area (Å²) in [6.07, 6.45) is 2.19. The molecular formula is C17H22N4O4. The van der Waals surface area contributed by atoms with Crippen molar-refractivity contribution in [1.82, 2.24) is 15.1 Å². The SMILES string of the molecule is COc1ccc(-c2[nH]ncc2CN2CC[C@@](N)(C(=O)O)C2)cc1OC. The van der Waals surface area contributed by atoms with Crippen LogP contribution in [0.4, 0.5) is 0 Å². The number of H-pyrrole nitrogens is 1. The van der Waals surface area contributed by atoms with Crippen molar-refractivity contribution >= 4 is 5.97 Å². The predicted molar refractivity (Wildman–Crippen MR) is 91.6 cm³/mol. The normalized spacial score (nSPS) is 20.6. The lowest BCUT2D eigenvalue weighted by atomic mass is 10.0. The van der Waals surface area contributed by atoms with Crippen LogP contribution in [-0.2, 0) is 11.3 Å². The molecule has 1 saturated heterocycles. The van der Waals surface area contributed by atoms with Crippen LogP contribution in [0.3, 0.4) is 0 Å². The molecule has 0 unspecified atom stereocenters. The van der Waals surface area contributed by atoms with Crippen LogP contribution in [0.5, 0.6) is 11.5 Å². The summed E-state index contributed by atoms with van der Waals surface area (Å²) in [4.78, 5) is 13.3.